The van der Waals surface area contributed by atoms with E-state index in [0.29, 0.717) is 6.42 Å². The highest BCUT2D eigenvalue weighted by Gasteiger charge is 2.30. The lowest BCUT2D eigenvalue weighted by Crippen LogP contribution is -2.36. The number of carbonyl (C=O) groups is 1. The van der Waals surface area contributed by atoms with Crippen molar-refractivity contribution in [3.05, 3.63) is 35.1 Å². The molecule has 3 rings (SSSR count). The first-order valence-corrected chi connectivity index (χ1v) is 5.39. The first kappa shape index (κ1) is 9.51. The Morgan fingerprint density at radius 3 is 3.19 bits per heavy atom. The molecular formula is C12H11FN2O. The molecule has 0 saturated carbocycles. The second kappa shape index (κ2) is 3.40. The van der Waals surface area contributed by atoms with Gasteiger partial charge in [-0.1, -0.05) is 6.07 Å². The van der Waals surface area contributed by atoms with Crippen LogP contribution in [0.2, 0.25) is 0 Å². The highest BCUT2D eigenvalue weighted by molar-refractivity contribution is 6.07. The van der Waals surface area contributed by atoms with E-state index in [2.05, 4.69) is 10.5 Å². The average Bonchev–Trinajstić information content (AvgIpc) is 2.28. The fourth-order valence-electron chi connectivity index (χ4n) is 2.43. The monoisotopic (exact) mass is 218 g/mol. The summed E-state index contributed by atoms with van der Waals surface area (Å²) < 4.78 is 13.2. The number of hydrogen-bond donors (Lipinski definition) is 1. The fourth-order valence-corrected chi connectivity index (χ4v) is 2.43. The van der Waals surface area contributed by atoms with Crippen LogP contribution in [0.1, 0.15) is 24.0 Å². The minimum absolute atomic E-state index is 0.0476. The molecule has 0 spiro atoms. The smallest absolute Gasteiger partial charge is 0.240 e. The standard InChI is InChI=1S/C12H11FN2O/c13-9-4-3-7-1-2-8-5-11(16)14-15-12(8)10(7)6-9/h3-4,6,8H,1-2,5H2,(H,14,16). The zero-order valence-corrected chi connectivity index (χ0v) is 8.66. The van der Waals surface area contributed by atoms with Crippen molar-refractivity contribution in [2.45, 2.75) is 19.3 Å². The summed E-state index contributed by atoms with van der Waals surface area (Å²) in [6.07, 6.45) is 2.28. The number of amides is 1. The van der Waals surface area contributed by atoms with Gasteiger partial charge in [0.05, 0.1) is 5.71 Å². The molecule has 1 heterocycles. The van der Waals surface area contributed by atoms with E-state index in [1.54, 1.807) is 6.07 Å². The maximum atomic E-state index is 13.2. The van der Waals surface area contributed by atoms with Crippen molar-refractivity contribution < 1.29 is 9.18 Å². The van der Waals surface area contributed by atoms with Gasteiger partial charge in [0.2, 0.25) is 5.91 Å². The van der Waals surface area contributed by atoms with Crippen molar-refractivity contribution in [3.63, 3.8) is 0 Å². The van der Waals surface area contributed by atoms with E-state index in [1.165, 1.54) is 12.1 Å². The lowest BCUT2D eigenvalue weighted by molar-refractivity contribution is -0.122. The molecular weight excluding hydrogens is 207 g/mol. The highest BCUT2D eigenvalue weighted by Crippen LogP contribution is 2.30. The number of benzene rings is 1. The van der Waals surface area contributed by atoms with Gasteiger partial charge in [-0.2, -0.15) is 5.10 Å². The highest BCUT2D eigenvalue weighted by atomic mass is 19.1. The molecule has 1 aromatic rings. The van der Waals surface area contributed by atoms with Crippen molar-refractivity contribution in [2.75, 3.05) is 0 Å². The molecule has 1 amide bonds. The van der Waals surface area contributed by atoms with Crippen LogP contribution < -0.4 is 5.43 Å². The number of carbonyl (C=O) groups excluding carboxylic acids is 1. The first-order chi connectivity index (χ1) is 7.74. The molecule has 16 heavy (non-hydrogen) atoms. The van der Waals surface area contributed by atoms with E-state index < -0.39 is 0 Å². The third kappa shape index (κ3) is 1.41. The quantitative estimate of drug-likeness (QED) is 0.706. The molecule has 1 aliphatic carbocycles. The Morgan fingerprint density at radius 2 is 2.31 bits per heavy atom. The van der Waals surface area contributed by atoms with Gasteiger partial charge in [-0.05, 0) is 30.5 Å². The second-order valence-electron chi connectivity index (χ2n) is 4.27. The number of hydrogen-bond acceptors (Lipinski definition) is 2. The number of nitrogens with one attached hydrogen (secondary N) is 1. The van der Waals surface area contributed by atoms with Crippen LogP contribution in [0.15, 0.2) is 23.3 Å². The number of nitrogens with zero attached hydrogens (tertiary/aromatic N) is 1. The summed E-state index contributed by atoms with van der Waals surface area (Å²) in [5.74, 6) is -0.143. The van der Waals surface area contributed by atoms with E-state index in [4.69, 9.17) is 0 Å². The third-order valence-electron chi connectivity index (χ3n) is 3.23. The Balaban J connectivity index is 2.11. The van der Waals surface area contributed by atoms with Crippen LogP contribution in [0.4, 0.5) is 4.39 Å². The summed E-state index contributed by atoms with van der Waals surface area (Å²) in [6.45, 7) is 0. The van der Waals surface area contributed by atoms with Gasteiger partial charge in [-0.3, -0.25) is 4.79 Å². The molecule has 1 atom stereocenters. The van der Waals surface area contributed by atoms with Gasteiger partial charge in [-0.15, -0.1) is 0 Å². The second-order valence-corrected chi connectivity index (χ2v) is 4.27. The zero-order valence-electron chi connectivity index (χ0n) is 8.66. The first-order valence-electron chi connectivity index (χ1n) is 5.39. The van der Waals surface area contributed by atoms with Crippen molar-refractivity contribution >= 4 is 11.6 Å². The Labute approximate surface area is 92.4 Å². The zero-order chi connectivity index (χ0) is 11.1. The summed E-state index contributed by atoms with van der Waals surface area (Å²) in [6, 6.07) is 4.79. The van der Waals surface area contributed by atoms with Gasteiger partial charge < -0.3 is 0 Å². The van der Waals surface area contributed by atoms with Gasteiger partial charge in [-0.25, -0.2) is 9.82 Å². The molecule has 1 aromatic carbocycles. The van der Waals surface area contributed by atoms with Crippen LogP contribution in [0.25, 0.3) is 0 Å². The summed E-state index contributed by atoms with van der Waals surface area (Å²) in [5.41, 5.74) is 5.28. The summed E-state index contributed by atoms with van der Waals surface area (Å²) in [5, 5.41) is 4.07. The number of aryl methyl sites for hydroxylation is 1. The van der Waals surface area contributed by atoms with Crippen LogP contribution in [-0.2, 0) is 11.2 Å². The molecule has 82 valence electrons. The van der Waals surface area contributed by atoms with Crippen molar-refractivity contribution in [2.24, 2.45) is 11.0 Å². The Kier molecular flexibility index (Phi) is 2.02. The van der Waals surface area contributed by atoms with Crippen LogP contribution in [0.3, 0.4) is 0 Å². The number of rotatable bonds is 0. The van der Waals surface area contributed by atoms with Crippen molar-refractivity contribution in [1.82, 2.24) is 5.43 Å². The molecule has 3 nitrogen and oxygen atoms in total. The largest absolute Gasteiger partial charge is 0.273 e. The van der Waals surface area contributed by atoms with Crippen molar-refractivity contribution in [1.29, 1.82) is 0 Å². The fraction of sp³-hybridized carbons (Fsp3) is 0.333. The van der Waals surface area contributed by atoms with E-state index in [-0.39, 0.29) is 17.6 Å². The predicted molar refractivity (Wildman–Crippen MR) is 57.5 cm³/mol. The lowest BCUT2D eigenvalue weighted by atomic mass is 9.80. The third-order valence-corrected chi connectivity index (χ3v) is 3.23. The molecule has 0 aromatic heterocycles. The van der Waals surface area contributed by atoms with Crippen LogP contribution in [-0.4, -0.2) is 11.6 Å². The van der Waals surface area contributed by atoms with Gasteiger partial charge in [0.1, 0.15) is 5.82 Å². The minimum Gasteiger partial charge on any atom is -0.273 e. The van der Waals surface area contributed by atoms with E-state index in [0.717, 1.165) is 29.7 Å². The predicted octanol–water partition coefficient (Wildman–Crippen LogP) is 1.61. The maximum absolute atomic E-state index is 13.2. The minimum atomic E-state index is -0.251. The Morgan fingerprint density at radius 1 is 1.44 bits per heavy atom. The molecule has 1 unspecified atom stereocenters. The molecule has 0 radical (unpaired) electrons. The molecule has 0 saturated heterocycles. The summed E-state index contributed by atoms with van der Waals surface area (Å²) >= 11 is 0. The molecule has 0 fully saturated rings. The number of halogens is 1. The van der Waals surface area contributed by atoms with Gasteiger partial charge in [0, 0.05) is 17.9 Å². The Hall–Kier alpha value is -1.71. The number of fused-ring (bicyclic) bond motifs is 3. The van der Waals surface area contributed by atoms with Crippen LogP contribution in [0.5, 0.6) is 0 Å². The summed E-state index contributed by atoms with van der Waals surface area (Å²) in [4.78, 5) is 11.2. The normalized spacial score (nSPS) is 22.9. The van der Waals surface area contributed by atoms with Crippen LogP contribution >= 0.6 is 0 Å². The van der Waals surface area contributed by atoms with Crippen LogP contribution in [0, 0.1) is 11.7 Å². The number of hydrazone groups is 1. The van der Waals surface area contributed by atoms with Gasteiger partial charge >= 0.3 is 0 Å². The topological polar surface area (TPSA) is 41.5 Å². The summed E-state index contributed by atoms with van der Waals surface area (Å²) in [7, 11) is 0. The van der Waals surface area contributed by atoms with Gasteiger partial charge in [0.15, 0.2) is 0 Å². The molecule has 1 aliphatic heterocycles. The van der Waals surface area contributed by atoms with E-state index in [1.807, 2.05) is 0 Å². The SMILES string of the molecule is O=C1CC2CCc3ccc(F)cc3C2=NN1. The van der Waals surface area contributed by atoms with E-state index >= 15 is 0 Å². The lowest BCUT2D eigenvalue weighted by Gasteiger charge is -2.28. The molecule has 0 bridgehead atoms. The Bertz CT molecular complexity index is 496. The molecule has 1 N–H and O–H groups in total. The molecule has 2 aliphatic rings. The van der Waals surface area contributed by atoms with Gasteiger partial charge in [0.25, 0.3) is 0 Å². The average molecular weight is 218 g/mol. The van der Waals surface area contributed by atoms with E-state index in [9.17, 15) is 9.18 Å². The maximum Gasteiger partial charge on any atom is 0.240 e. The molecule has 4 heteroatoms. The van der Waals surface area contributed by atoms with Crippen molar-refractivity contribution in [3.8, 4) is 0 Å².